The molecule has 2 aliphatic heterocycles. The summed E-state index contributed by atoms with van der Waals surface area (Å²) < 4.78 is 5.34. The van der Waals surface area contributed by atoms with E-state index in [4.69, 9.17) is 4.74 Å². The van der Waals surface area contributed by atoms with E-state index >= 15 is 0 Å². The summed E-state index contributed by atoms with van der Waals surface area (Å²) in [5.74, 6) is -0.136. The van der Waals surface area contributed by atoms with Gasteiger partial charge in [0.2, 0.25) is 0 Å². The number of carbonyl (C=O) groups excluding carboxylic acids is 1. The van der Waals surface area contributed by atoms with Gasteiger partial charge >= 0.3 is 0 Å². The van der Waals surface area contributed by atoms with Crippen LogP contribution >= 0.6 is 0 Å². The van der Waals surface area contributed by atoms with Crippen molar-refractivity contribution in [1.82, 2.24) is 14.8 Å². The molecule has 0 bridgehead atoms. The fourth-order valence-corrected chi connectivity index (χ4v) is 6.30. The largest absolute Gasteiger partial charge is 0.508 e. The van der Waals surface area contributed by atoms with E-state index in [1.807, 2.05) is 27.0 Å². The third-order valence-corrected chi connectivity index (χ3v) is 8.49. The molecule has 5 rings (SSSR count). The second-order valence-corrected chi connectivity index (χ2v) is 10.2. The van der Waals surface area contributed by atoms with Crippen LogP contribution < -0.4 is 5.56 Å². The van der Waals surface area contributed by atoms with Gasteiger partial charge in [-0.05, 0) is 68.8 Å². The number of hydrogen-bond donors (Lipinski definition) is 3. The molecule has 0 spiro atoms. The van der Waals surface area contributed by atoms with Crippen LogP contribution in [-0.2, 0) is 23.0 Å². The van der Waals surface area contributed by atoms with Crippen LogP contribution in [0.25, 0.3) is 0 Å². The van der Waals surface area contributed by atoms with Gasteiger partial charge in [0.25, 0.3) is 11.5 Å². The standard InChI is InChI=1S/C26H33N3O5/c1-16-4-5-19(30)13-21(16)25-6-7-28(3)17(2)26(25,33)14-18-12-20(23(31)27-22(18)15-25)24(32)29-8-10-34-11-9-29/h4-5,12-13,17,30,33H,6-11,14-15H2,1-3H3,(H,27,31)/t17-,25-,26-/m1/s1. The highest BCUT2D eigenvalue weighted by atomic mass is 16.5. The average molecular weight is 468 g/mol. The van der Waals surface area contributed by atoms with E-state index in [0.717, 1.165) is 28.9 Å². The Bertz CT molecular complexity index is 1190. The molecular weight excluding hydrogens is 434 g/mol. The van der Waals surface area contributed by atoms with E-state index in [1.165, 1.54) is 0 Å². The van der Waals surface area contributed by atoms with Crippen LogP contribution in [0.2, 0.25) is 0 Å². The summed E-state index contributed by atoms with van der Waals surface area (Å²) in [6, 6.07) is 6.82. The molecule has 2 aromatic rings. The predicted molar refractivity (Wildman–Crippen MR) is 127 cm³/mol. The Kier molecular flexibility index (Phi) is 5.58. The Morgan fingerprint density at radius 2 is 1.91 bits per heavy atom. The number of likely N-dealkylation sites (N-methyl/N-ethyl adjacent to an activating group) is 1. The van der Waals surface area contributed by atoms with Crippen LogP contribution in [0.15, 0.2) is 29.1 Å². The zero-order chi connectivity index (χ0) is 24.3. The molecule has 3 atom stereocenters. The molecule has 0 saturated carbocycles. The van der Waals surface area contributed by atoms with Gasteiger partial charge in [0.1, 0.15) is 11.3 Å². The number of nitrogens with zero attached hydrogens (tertiary/aromatic N) is 2. The lowest BCUT2D eigenvalue weighted by Gasteiger charge is -2.59. The Balaban J connectivity index is 1.64. The molecular formula is C26H33N3O5. The number of aromatic nitrogens is 1. The first-order valence-corrected chi connectivity index (χ1v) is 12.0. The van der Waals surface area contributed by atoms with Gasteiger partial charge in [-0.1, -0.05) is 6.07 Å². The van der Waals surface area contributed by atoms with Crippen molar-refractivity contribution < 1.29 is 19.7 Å². The summed E-state index contributed by atoms with van der Waals surface area (Å²) >= 11 is 0. The van der Waals surface area contributed by atoms with E-state index in [-0.39, 0.29) is 23.3 Å². The van der Waals surface area contributed by atoms with Crippen LogP contribution in [0.1, 0.15) is 46.1 Å². The number of phenolic OH excluding ortho intramolecular Hbond substituents is 1. The number of likely N-dealkylation sites (tertiary alicyclic amines) is 1. The molecule has 8 heteroatoms. The molecule has 0 unspecified atom stereocenters. The Hall–Kier alpha value is -2.68. The van der Waals surface area contributed by atoms with Gasteiger partial charge in [-0.25, -0.2) is 0 Å². The maximum Gasteiger partial charge on any atom is 0.261 e. The molecule has 1 amide bonds. The van der Waals surface area contributed by atoms with Gasteiger partial charge < -0.3 is 29.7 Å². The van der Waals surface area contributed by atoms with Gasteiger partial charge in [0, 0.05) is 43.1 Å². The van der Waals surface area contributed by atoms with Crippen LogP contribution in [-0.4, -0.2) is 82.4 Å². The topological polar surface area (TPSA) is 106 Å². The monoisotopic (exact) mass is 467 g/mol. The lowest BCUT2D eigenvalue weighted by atomic mass is 9.53. The molecule has 1 aromatic carbocycles. The molecule has 3 N–H and O–H groups in total. The number of ether oxygens (including phenoxy) is 1. The first-order chi connectivity index (χ1) is 16.2. The maximum absolute atomic E-state index is 13.1. The van der Waals surface area contributed by atoms with E-state index in [0.29, 0.717) is 45.6 Å². The Morgan fingerprint density at radius 3 is 2.65 bits per heavy atom. The lowest BCUT2D eigenvalue weighted by Crippen LogP contribution is -2.70. The van der Waals surface area contributed by atoms with E-state index in [2.05, 4.69) is 9.88 Å². The average Bonchev–Trinajstić information content (AvgIpc) is 2.83. The highest BCUT2D eigenvalue weighted by molar-refractivity contribution is 5.94. The number of aromatic hydroxyl groups is 1. The van der Waals surface area contributed by atoms with Gasteiger partial charge in [0.15, 0.2) is 0 Å². The summed E-state index contributed by atoms with van der Waals surface area (Å²) in [6.07, 6.45) is 1.43. The smallest absolute Gasteiger partial charge is 0.261 e. The highest BCUT2D eigenvalue weighted by Crippen LogP contribution is 2.53. The van der Waals surface area contributed by atoms with Crippen molar-refractivity contribution in [1.29, 1.82) is 0 Å². The number of H-pyrrole nitrogens is 1. The molecule has 1 aromatic heterocycles. The first-order valence-electron chi connectivity index (χ1n) is 12.0. The molecule has 3 heterocycles. The third kappa shape index (κ3) is 3.39. The second kappa shape index (κ2) is 8.22. The number of hydrogen-bond acceptors (Lipinski definition) is 6. The maximum atomic E-state index is 13.1. The number of piperidine rings is 1. The zero-order valence-electron chi connectivity index (χ0n) is 20.1. The van der Waals surface area contributed by atoms with Crippen LogP contribution in [0, 0.1) is 6.92 Å². The summed E-state index contributed by atoms with van der Waals surface area (Å²) in [6.45, 7) is 6.65. The van der Waals surface area contributed by atoms with E-state index < -0.39 is 16.6 Å². The van der Waals surface area contributed by atoms with Crippen molar-refractivity contribution in [3.63, 3.8) is 0 Å². The van der Waals surface area contributed by atoms with Crippen molar-refractivity contribution in [3.05, 3.63) is 62.6 Å². The number of aliphatic hydroxyl groups is 1. The fourth-order valence-electron chi connectivity index (χ4n) is 6.30. The number of phenols is 1. The molecule has 8 nitrogen and oxygen atoms in total. The van der Waals surface area contributed by atoms with Crippen LogP contribution in [0.3, 0.4) is 0 Å². The minimum Gasteiger partial charge on any atom is -0.508 e. The number of carbonyl (C=O) groups is 1. The predicted octanol–water partition coefficient (Wildman–Crippen LogP) is 1.35. The van der Waals surface area contributed by atoms with Gasteiger partial charge in [-0.15, -0.1) is 0 Å². The minimum atomic E-state index is -1.15. The lowest BCUT2D eigenvalue weighted by molar-refractivity contribution is -0.132. The number of nitrogens with one attached hydrogen (secondary N) is 1. The molecule has 0 radical (unpaired) electrons. The van der Waals surface area contributed by atoms with Crippen molar-refractivity contribution in [2.75, 3.05) is 39.9 Å². The van der Waals surface area contributed by atoms with Crippen molar-refractivity contribution in [2.45, 2.75) is 50.2 Å². The summed E-state index contributed by atoms with van der Waals surface area (Å²) in [5.41, 5.74) is 1.36. The third-order valence-electron chi connectivity index (χ3n) is 8.49. The van der Waals surface area contributed by atoms with Gasteiger partial charge in [-0.3, -0.25) is 9.59 Å². The van der Waals surface area contributed by atoms with Gasteiger partial charge in [0.05, 0.1) is 18.8 Å². The normalized spacial score (nSPS) is 29.4. The Morgan fingerprint density at radius 1 is 1.18 bits per heavy atom. The second-order valence-electron chi connectivity index (χ2n) is 10.2. The minimum absolute atomic E-state index is 0.113. The summed E-state index contributed by atoms with van der Waals surface area (Å²) in [7, 11) is 2.01. The zero-order valence-corrected chi connectivity index (χ0v) is 20.1. The first kappa shape index (κ1) is 23.1. The highest BCUT2D eigenvalue weighted by Gasteiger charge is 2.60. The van der Waals surface area contributed by atoms with Crippen LogP contribution in [0.4, 0.5) is 0 Å². The number of amides is 1. The van der Waals surface area contributed by atoms with Crippen molar-refractivity contribution >= 4 is 5.91 Å². The number of aromatic amines is 1. The molecule has 3 aliphatic rings. The fraction of sp³-hybridized carbons (Fsp3) is 0.538. The molecule has 1 aliphatic carbocycles. The quantitative estimate of drug-likeness (QED) is 0.616. The van der Waals surface area contributed by atoms with E-state index in [1.54, 1.807) is 23.1 Å². The Labute approximate surface area is 199 Å². The molecule has 34 heavy (non-hydrogen) atoms. The number of benzene rings is 1. The summed E-state index contributed by atoms with van der Waals surface area (Å²) in [4.78, 5) is 33.0. The molecule has 2 saturated heterocycles. The number of aryl methyl sites for hydroxylation is 1. The summed E-state index contributed by atoms with van der Waals surface area (Å²) in [5, 5.41) is 22.7. The number of pyridine rings is 1. The number of fused-ring (bicyclic) bond motifs is 2. The SMILES string of the molecule is Cc1ccc(O)cc1[C@]12CCN(C)[C@H](C)[C@]1(O)Cc1cc(C(=O)N3CCOCC3)c(=O)[nH]c1C2. The molecule has 2 fully saturated rings. The number of rotatable bonds is 2. The van der Waals surface area contributed by atoms with E-state index in [9.17, 15) is 19.8 Å². The van der Waals surface area contributed by atoms with Gasteiger partial charge in [-0.2, -0.15) is 0 Å². The van der Waals surface area contributed by atoms with Crippen molar-refractivity contribution in [3.8, 4) is 5.75 Å². The number of morpholine rings is 1. The van der Waals surface area contributed by atoms with Crippen molar-refractivity contribution in [2.24, 2.45) is 0 Å². The van der Waals surface area contributed by atoms with Crippen LogP contribution in [0.5, 0.6) is 5.75 Å². The molecule has 182 valence electrons.